The Labute approximate surface area is 111 Å². The molecule has 0 saturated heterocycles. The van der Waals surface area contributed by atoms with Crippen molar-refractivity contribution in [2.24, 2.45) is 0 Å². The van der Waals surface area contributed by atoms with Crippen molar-refractivity contribution in [1.29, 1.82) is 0 Å². The van der Waals surface area contributed by atoms with E-state index in [0.29, 0.717) is 5.15 Å². The van der Waals surface area contributed by atoms with Crippen LogP contribution < -0.4 is 0 Å². The number of imidazole rings is 1. The van der Waals surface area contributed by atoms with E-state index in [0.717, 1.165) is 22.5 Å². The summed E-state index contributed by atoms with van der Waals surface area (Å²) < 4.78 is 2.05. The van der Waals surface area contributed by atoms with Crippen LogP contribution in [0.15, 0.2) is 42.6 Å². The van der Waals surface area contributed by atoms with Crippen molar-refractivity contribution >= 4 is 17.1 Å². The molecule has 0 aliphatic heterocycles. The zero-order chi connectivity index (χ0) is 12.7. The molecule has 0 aliphatic rings. The van der Waals surface area contributed by atoms with E-state index in [4.69, 9.17) is 11.6 Å². The number of hydrogen-bond donors (Lipinski definition) is 0. The third kappa shape index (κ3) is 1.70. The second-order valence-corrected chi connectivity index (χ2v) is 4.86. The Morgan fingerprint density at radius 2 is 1.94 bits per heavy atom. The Kier molecular flexibility index (Phi) is 2.60. The normalized spacial score (nSPS) is 11.1. The van der Waals surface area contributed by atoms with Crippen LogP contribution in [0.1, 0.15) is 11.1 Å². The molecule has 1 aromatic carbocycles. The van der Waals surface area contributed by atoms with Crippen LogP contribution in [-0.4, -0.2) is 9.38 Å². The van der Waals surface area contributed by atoms with E-state index >= 15 is 0 Å². The predicted octanol–water partition coefficient (Wildman–Crippen LogP) is 4.27. The lowest BCUT2D eigenvalue weighted by molar-refractivity contribution is 1.15. The van der Waals surface area contributed by atoms with Gasteiger partial charge >= 0.3 is 0 Å². The van der Waals surface area contributed by atoms with Gasteiger partial charge in [0, 0.05) is 11.8 Å². The lowest BCUT2D eigenvalue weighted by Gasteiger charge is -2.03. The van der Waals surface area contributed by atoms with Gasteiger partial charge in [-0.3, -0.25) is 4.40 Å². The van der Waals surface area contributed by atoms with Crippen LogP contribution in [0.3, 0.4) is 0 Å². The molecule has 0 unspecified atom stereocenters. The summed E-state index contributed by atoms with van der Waals surface area (Å²) in [5.41, 5.74) is 4.42. The zero-order valence-electron chi connectivity index (χ0n) is 10.3. The maximum absolute atomic E-state index is 6.24. The molecule has 0 spiro atoms. The molecule has 0 N–H and O–H groups in total. The second kappa shape index (κ2) is 4.14. The van der Waals surface area contributed by atoms with Crippen LogP contribution >= 0.6 is 11.6 Å². The Balaban J connectivity index is 2.34. The van der Waals surface area contributed by atoms with Gasteiger partial charge < -0.3 is 0 Å². The molecular formula is C15H13ClN2. The first kappa shape index (κ1) is 11.3. The fourth-order valence-electron chi connectivity index (χ4n) is 2.24. The van der Waals surface area contributed by atoms with Gasteiger partial charge in [0.05, 0.1) is 5.52 Å². The van der Waals surface area contributed by atoms with Gasteiger partial charge in [-0.25, -0.2) is 4.98 Å². The molecule has 3 heteroatoms. The second-order valence-electron chi connectivity index (χ2n) is 4.51. The predicted molar refractivity (Wildman–Crippen MR) is 75.1 cm³/mol. The summed E-state index contributed by atoms with van der Waals surface area (Å²) in [6, 6.07) is 12.3. The van der Waals surface area contributed by atoms with Gasteiger partial charge in [0.25, 0.3) is 0 Å². The quantitative estimate of drug-likeness (QED) is 0.636. The van der Waals surface area contributed by atoms with Crippen molar-refractivity contribution in [1.82, 2.24) is 9.38 Å². The number of nitrogens with zero attached hydrogens (tertiary/aromatic N) is 2. The highest BCUT2D eigenvalue weighted by Gasteiger charge is 2.12. The van der Waals surface area contributed by atoms with E-state index in [1.807, 2.05) is 35.7 Å². The van der Waals surface area contributed by atoms with Gasteiger partial charge in [-0.1, -0.05) is 41.4 Å². The lowest BCUT2D eigenvalue weighted by atomic mass is 10.1. The summed E-state index contributed by atoms with van der Waals surface area (Å²) in [6.45, 7) is 4.12. The largest absolute Gasteiger partial charge is 0.298 e. The van der Waals surface area contributed by atoms with Gasteiger partial charge in [-0.05, 0) is 31.5 Å². The minimum absolute atomic E-state index is 0.560. The molecule has 18 heavy (non-hydrogen) atoms. The first-order valence-corrected chi connectivity index (χ1v) is 6.25. The van der Waals surface area contributed by atoms with E-state index in [2.05, 4.69) is 30.1 Å². The van der Waals surface area contributed by atoms with Crippen molar-refractivity contribution in [3.8, 4) is 11.4 Å². The monoisotopic (exact) mass is 256 g/mol. The van der Waals surface area contributed by atoms with Gasteiger partial charge in [-0.15, -0.1) is 0 Å². The topological polar surface area (TPSA) is 17.3 Å². The molecule has 0 fully saturated rings. The highest BCUT2D eigenvalue weighted by Crippen LogP contribution is 2.27. The average Bonchev–Trinajstić information content (AvgIpc) is 2.68. The molecule has 0 saturated carbocycles. The number of benzene rings is 1. The van der Waals surface area contributed by atoms with E-state index in [-0.39, 0.29) is 0 Å². The van der Waals surface area contributed by atoms with Gasteiger partial charge in [0.1, 0.15) is 5.82 Å². The van der Waals surface area contributed by atoms with Gasteiger partial charge in [0.2, 0.25) is 0 Å². The number of pyridine rings is 1. The van der Waals surface area contributed by atoms with Crippen molar-refractivity contribution in [2.75, 3.05) is 0 Å². The van der Waals surface area contributed by atoms with Gasteiger partial charge in [0.15, 0.2) is 5.15 Å². The van der Waals surface area contributed by atoms with Crippen molar-refractivity contribution < 1.29 is 0 Å². The average molecular weight is 257 g/mol. The summed E-state index contributed by atoms with van der Waals surface area (Å²) in [4.78, 5) is 4.49. The molecule has 2 nitrogen and oxygen atoms in total. The molecule has 2 heterocycles. The molecular weight excluding hydrogens is 244 g/mol. The summed E-state index contributed by atoms with van der Waals surface area (Å²) in [6.07, 6.45) is 2.00. The molecule has 3 aromatic rings. The number of hydrogen-bond acceptors (Lipinski definition) is 1. The molecule has 0 amide bonds. The van der Waals surface area contributed by atoms with E-state index < -0.39 is 0 Å². The van der Waals surface area contributed by atoms with E-state index in [1.54, 1.807) is 0 Å². The van der Waals surface area contributed by atoms with E-state index in [1.165, 1.54) is 5.56 Å². The van der Waals surface area contributed by atoms with Crippen LogP contribution in [0.5, 0.6) is 0 Å². The Hall–Kier alpha value is -1.80. The Morgan fingerprint density at radius 3 is 2.72 bits per heavy atom. The molecule has 0 aliphatic carbocycles. The highest BCUT2D eigenvalue weighted by molar-refractivity contribution is 6.33. The molecule has 0 radical (unpaired) electrons. The highest BCUT2D eigenvalue weighted by atomic mass is 35.5. The van der Waals surface area contributed by atoms with Crippen LogP contribution in [0.2, 0.25) is 5.15 Å². The third-order valence-corrected chi connectivity index (χ3v) is 3.36. The molecule has 0 atom stereocenters. The van der Waals surface area contributed by atoms with Crippen LogP contribution in [0.4, 0.5) is 0 Å². The van der Waals surface area contributed by atoms with Crippen molar-refractivity contribution in [3.05, 3.63) is 58.9 Å². The lowest BCUT2D eigenvalue weighted by Crippen LogP contribution is -1.90. The molecule has 2 aromatic heterocycles. The number of fused-ring (bicyclic) bond motifs is 1. The molecule has 0 bridgehead atoms. The smallest absolute Gasteiger partial charge is 0.155 e. The van der Waals surface area contributed by atoms with Gasteiger partial charge in [-0.2, -0.15) is 0 Å². The number of aryl methyl sites for hydroxylation is 2. The number of aromatic nitrogens is 2. The molecule has 3 rings (SSSR count). The number of halogens is 1. The van der Waals surface area contributed by atoms with Crippen molar-refractivity contribution in [2.45, 2.75) is 13.8 Å². The third-order valence-electron chi connectivity index (χ3n) is 3.10. The van der Waals surface area contributed by atoms with E-state index in [9.17, 15) is 0 Å². The zero-order valence-corrected chi connectivity index (χ0v) is 11.1. The fraction of sp³-hybridized carbons (Fsp3) is 0.133. The minimum Gasteiger partial charge on any atom is -0.298 e. The summed E-state index contributed by atoms with van der Waals surface area (Å²) >= 11 is 6.24. The summed E-state index contributed by atoms with van der Waals surface area (Å²) in [5, 5.41) is 0.560. The first-order chi connectivity index (χ1) is 8.66. The SMILES string of the molecule is Cc1cccc(-c2nc(Cl)c3c(C)cccn23)c1. The van der Waals surface area contributed by atoms with Crippen LogP contribution in [0.25, 0.3) is 16.9 Å². The Morgan fingerprint density at radius 1 is 1.11 bits per heavy atom. The van der Waals surface area contributed by atoms with Crippen LogP contribution in [0, 0.1) is 13.8 Å². The minimum atomic E-state index is 0.560. The standard InChI is InChI=1S/C15H13ClN2/c1-10-5-3-7-12(9-10)15-17-14(16)13-11(2)6-4-8-18(13)15/h3-9H,1-2H3. The molecule has 90 valence electrons. The summed E-state index contributed by atoms with van der Waals surface area (Å²) in [7, 11) is 0. The maximum Gasteiger partial charge on any atom is 0.155 e. The Bertz CT molecular complexity index is 728. The van der Waals surface area contributed by atoms with Crippen LogP contribution in [-0.2, 0) is 0 Å². The van der Waals surface area contributed by atoms with Crippen molar-refractivity contribution in [3.63, 3.8) is 0 Å². The fourth-order valence-corrected chi connectivity index (χ4v) is 2.56. The number of rotatable bonds is 1. The maximum atomic E-state index is 6.24. The summed E-state index contributed by atoms with van der Waals surface area (Å²) in [5.74, 6) is 0.891. The first-order valence-electron chi connectivity index (χ1n) is 5.87.